The fourth-order valence-electron chi connectivity index (χ4n) is 3.54. The summed E-state index contributed by atoms with van der Waals surface area (Å²) in [5.74, 6) is -2.13. The molecule has 0 aliphatic rings. The molecule has 0 aliphatic heterocycles. The van der Waals surface area contributed by atoms with Crippen molar-refractivity contribution in [3.05, 3.63) is 95.1 Å². The number of halogens is 2. The Morgan fingerprint density at radius 3 is 2.11 bits per heavy atom. The normalized spacial score (nSPS) is 11.9. The number of hydrogen-bond donors (Lipinski definition) is 3. The molecular weight excluding hydrogens is 482 g/mol. The van der Waals surface area contributed by atoms with E-state index in [-0.39, 0.29) is 36.8 Å². The van der Waals surface area contributed by atoms with Crippen molar-refractivity contribution in [1.29, 1.82) is 0 Å². The van der Waals surface area contributed by atoms with Gasteiger partial charge in [-0.2, -0.15) is 0 Å². The molecule has 37 heavy (non-hydrogen) atoms. The molecule has 3 aromatic carbocycles. The Labute approximate surface area is 213 Å². The van der Waals surface area contributed by atoms with E-state index in [0.29, 0.717) is 11.1 Å². The molecule has 194 valence electrons. The maximum Gasteiger partial charge on any atom is 0.245 e. The lowest BCUT2D eigenvalue weighted by atomic mass is 10.1. The van der Waals surface area contributed by atoms with E-state index in [4.69, 9.17) is 15.2 Å². The number of hydrogen-bond acceptors (Lipinski definition) is 5. The van der Waals surface area contributed by atoms with Crippen molar-refractivity contribution in [2.24, 2.45) is 10.7 Å². The van der Waals surface area contributed by atoms with Gasteiger partial charge in [-0.25, -0.2) is 13.8 Å². The number of carbonyl (C=O) groups is 2. The Morgan fingerprint density at radius 2 is 1.49 bits per heavy atom. The van der Waals surface area contributed by atoms with Crippen molar-refractivity contribution < 1.29 is 27.8 Å². The van der Waals surface area contributed by atoms with Crippen LogP contribution in [0.25, 0.3) is 0 Å². The van der Waals surface area contributed by atoms with Crippen molar-refractivity contribution in [3.63, 3.8) is 0 Å². The summed E-state index contributed by atoms with van der Waals surface area (Å²) in [4.78, 5) is 29.7. The Kier molecular flexibility index (Phi) is 9.54. The molecule has 8 nitrogen and oxygen atoms in total. The zero-order valence-electron chi connectivity index (χ0n) is 20.5. The summed E-state index contributed by atoms with van der Waals surface area (Å²) in [6, 6.07) is 16.6. The number of amides is 2. The highest BCUT2D eigenvalue weighted by Crippen LogP contribution is 2.19. The van der Waals surface area contributed by atoms with E-state index in [1.165, 1.54) is 50.6 Å². The summed E-state index contributed by atoms with van der Waals surface area (Å²) >= 11 is 0. The Bertz CT molecular complexity index is 1270. The van der Waals surface area contributed by atoms with Gasteiger partial charge in [-0.15, -0.1) is 0 Å². The average molecular weight is 511 g/mol. The van der Waals surface area contributed by atoms with Crippen molar-refractivity contribution in [1.82, 2.24) is 10.6 Å². The summed E-state index contributed by atoms with van der Waals surface area (Å²) in [5, 5.41) is 5.23. The van der Waals surface area contributed by atoms with Crippen LogP contribution in [-0.2, 0) is 29.0 Å². The van der Waals surface area contributed by atoms with Crippen LogP contribution in [0.1, 0.15) is 16.7 Å². The van der Waals surface area contributed by atoms with Crippen LogP contribution >= 0.6 is 0 Å². The zero-order chi connectivity index (χ0) is 26.8. The predicted molar refractivity (Wildman–Crippen MR) is 135 cm³/mol. The van der Waals surface area contributed by atoms with Gasteiger partial charge in [0.1, 0.15) is 6.04 Å². The van der Waals surface area contributed by atoms with Crippen LogP contribution in [0, 0.1) is 11.6 Å². The smallest absolute Gasteiger partial charge is 0.245 e. The second-order valence-corrected chi connectivity index (χ2v) is 8.10. The molecule has 0 heterocycles. The van der Waals surface area contributed by atoms with Crippen LogP contribution < -0.4 is 25.8 Å². The van der Waals surface area contributed by atoms with E-state index < -0.39 is 29.5 Å². The molecule has 0 saturated carbocycles. The van der Waals surface area contributed by atoms with E-state index in [1.54, 1.807) is 0 Å². The summed E-state index contributed by atoms with van der Waals surface area (Å²) in [5.41, 5.74) is 7.94. The van der Waals surface area contributed by atoms with Crippen molar-refractivity contribution in [2.75, 3.05) is 14.2 Å². The molecule has 0 spiro atoms. The summed E-state index contributed by atoms with van der Waals surface area (Å²) in [7, 11) is 2.69. The van der Waals surface area contributed by atoms with Gasteiger partial charge in [-0.1, -0.05) is 42.5 Å². The minimum absolute atomic E-state index is 0.0188. The SMILES string of the molecule is COc1cc(CNC(=O)[C@@H](Cc2ccccc2)N=C(N)NC(=O)Cc2ccc(F)c(OC)c2)ccc1F. The fraction of sp³-hybridized carbons (Fsp3) is 0.222. The van der Waals surface area contributed by atoms with Crippen LogP contribution in [0.15, 0.2) is 71.7 Å². The Hall–Kier alpha value is -4.47. The molecule has 0 fully saturated rings. The summed E-state index contributed by atoms with van der Waals surface area (Å²) in [6.45, 7) is 0.106. The zero-order valence-corrected chi connectivity index (χ0v) is 20.5. The van der Waals surface area contributed by atoms with Gasteiger partial charge in [-0.3, -0.25) is 14.9 Å². The van der Waals surface area contributed by atoms with Gasteiger partial charge in [0.05, 0.1) is 20.6 Å². The predicted octanol–water partition coefficient (Wildman–Crippen LogP) is 2.88. The van der Waals surface area contributed by atoms with E-state index in [2.05, 4.69) is 15.6 Å². The first kappa shape index (κ1) is 27.1. The Morgan fingerprint density at radius 1 is 0.892 bits per heavy atom. The second-order valence-electron chi connectivity index (χ2n) is 8.10. The molecule has 0 saturated heterocycles. The number of nitrogens with zero attached hydrogens (tertiary/aromatic N) is 1. The lowest BCUT2D eigenvalue weighted by molar-refractivity contribution is -0.122. The van der Waals surface area contributed by atoms with E-state index >= 15 is 0 Å². The first-order valence-corrected chi connectivity index (χ1v) is 11.4. The number of rotatable bonds is 10. The third kappa shape index (κ3) is 8.03. The number of carbonyl (C=O) groups excluding carboxylic acids is 2. The number of aliphatic imine (C=N–C) groups is 1. The van der Waals surface area contributed by atoms with Crippen molar-refractivity contribution in [2.45, 2.75) is 25.4 Å². The maximum atomic E-state index is 13.7. The second kappa shape index (κ2) is 13.0. The summed E-state index contributed by atoms with van der Waals surface area (Å²) in [6.07, 6.45) is 0.125. The molecule has 10 heteroatoms. The highest BCUT2D eigenvalue weighted by atomic mass is 19.1. The highest BCUT2D eigenvalue weighted by Gasteiger charge is 2.20. The van der Waals surface area contributed by atoms with E-state index in [9.17, 15) is 18.4 Å². The van der Waals surface area contributed by atoms with Crippen LogP contribution in [0.3, 0.4) is 0 Å². The first-order valence-electron chi connectivity index (χ1n) is 11.4. The lowest BCUT2D eigenvalue weighted by Gasteiger charge is -2.15. The topological polar surface area (TPSA) is 115 Å². The summed E-state index contributed by atoms with van der Waals surface area (Å²) < 4.78 is 37.2. The maximum absolute atomic E-state index is 13.7. The van der Waals surface area contributed by atoms with Gasteiger partial charge in [-0.05, 0) is 41.0 Å². The molecule has 2 amide bonds. The molecule has 4 N–H and O–H groups in total. The van der Waals surface area contributed by atoms with Crippen LogP contribution in [0.2, 0.25) is 0 Å². The van der Waals surface area contributed by atoms with Gasteiger partial charge >= 0.3 is 0 Å². The number of guanidine groups is 1. The third-order valence-corrected chi connectivity index (χ3v) is 5.40. The van der Waals surface area contributed by atoms with Gasteiger partial charge < -0.3 is 20.5 Å². The van der Waals surface area contributed by atoms with Crippen LogP contribution in [0.5, 0.6) is 11.5 Å². The number of methoxy groups -OCH3 is 2. The van der Waals surface area contributed by atoms with E-state index in [1.807, 2.05) is 30.3 Å². The minimum Gasteiger partial charge on any atom is -0.494 e. The molecule has 0 aromatic heterocycles. The molecule has 0 unspecified atom stereocenters. The standard InChI is InChI=1S/C27H28F2N4O4/c1-36-23-13-18(8-10-20(23)28)15-25(34)33-27(30)32-22(12-17-6-4-3-5-7-17)26(35)31-16-19-9-11-21(29)24(14-19)37-2/h3-11,13-14,22H,12,15-16H2,1-2H3,(H,31,35)(H3,30,32,33,34)/t22-/m1/s1. The first-order chi connectivity index (χ1) is 17.8. The lowest BCUT2D eigenvalue weighted by Crippen LogP contribution is -2.42. The van der Waals surface area contributed by atoms with Gasteiger partial charge in [0, 0.05) is 13.0 Å². The van der Waals surface area contributed by atoms with E-state index in [0.717, 1.165) is 5.56 Å². The quantitative estimate of drug-likeness (QED) is 0.287. The van der Waals surface area contributed by atoms with Crippen LogP contribution in [0.4, 0.5) is 8.78 Å². The highest BCUT2D eigenvalue weighted by molar-refractivity contribution is 5.98. The van der Waals surface area contributed by atoms with Gasteiger partial charge in [0.2, 0.25) is 11.8 Å². The average Bonchev–Trinajstić information content (AvgIpc) is 2.89. The largest absolute Gasteiger partial charge is 0.494 e. The molecule has 0 bridgehead atoms. The molecule has 1 atom stereocenters. The van der Waals surface area contributed by atoms with Gasteiger partial charge in [0.25, 0.3) is 0 Å². The van der Waals surface area contributed by atoms with Gasteiger partial charge in [0.15, 0.2) is 29.1 Å². The molecule has 0 radical (unpaired) electrons. The molecule has 3 aromatic rings. The molecular formula is C27H28F2N4O4. The Balaban J connectivity index is 1.70. The number of nitrogens with one attached hydrogen (secondary N) is 2. The number of nitrogens with two attached hydrogens (primary N) is 1. The molecule has 0 aliphatic carbocycles. The minimum atomic E-state index is -0.948. The molecule has 3 rings (SSSR count). The number of ether oxygens (including phenoxy) is 2. The third-order valence-electron chi connectivity index (χ3n) is 5.40. The van der Waals surface area contributed by atoms with Crippen molar-refractivity contribution in [3.8, 4) is 11.5 Å². The monoisotopic (exact) mass is 510 g/mol. The van der Waals surface area contributed by atoms with Crippen molar-refractivity contribution >= 4 is 17.8 Å². The van der Waals surface area contributed by atoms with Crippen LogP contribution in [-0.4, -0.2) is 38.0 Å². The fourth-order valence-corrected chi connectivity index (χ4v) is 3.54. The number of benzene rings is 3.